The first kappa shape index (κ1) is 20.2. The van der Waals surface area contributed by atoms with E-state index in [4.69, 9.17) is 0 Å². The van der Waals surface area contributed by atoms with Gasteiger partial charge in [-0.25, -0.2) is 13.1 Å². The third-order valence-electron chi connectivity index (χ3n) is 4.85. The number of nitrogens with zero attached hydrogens (tertiary/aromatic N) is 1. The van der Waals surface area contributed by atoms with E-state index < -0.39 is 10.0 Å². The summed E-state index contributed by atoms with van der Waals surface area (Å²) >= 11 is 0. The predicted molar refractivity (Wildman–Crippen MR) is 101 cm³/mol. The first-order valence-corrected chi connectivity index (χ1v) is 10.4. The minimum Gasteiger partial charge on any atom is -0.339 e. The Kier molecular flexibility index (Phi) is 6.85. The van der Waals surface area contributed by atoms with Crippen LogP contribution in [0.1, 0.15) is 41.1 Å². The molecule has 0 spiro atoms. The van der Waals surface area contributed by atoms with Crippen LogP contribution in [0.3, 0.4) is 0 Å². The zero-order valence-electron chi connectivity index (χ0n) is 14.4. The highest BCUT2D eigenvalue weighted by molar-refractivity contribution is 7.88. The Bertz CT molecular complexity index is 697. The van der Waals surface area contributed by atoms with Crippen LogP contribution in [0.5, 0.6) is 0 Å². The predicted octanol–water partition coefficient (Wildman–Crippen LogP) is 1.34. The standard InChI is InChI=1S/C17H25N3O3S.ClH/c1-24(22,23)19-14-7-10-20(11-8-14)17(21)16-5-3-2-4-15(16)13-6-9-18-12-13;/h2-5,13-14,18-19H,6-12H2,1H3;1H. The highest BCUT2D eigenvalue weighted by Gasteiger charge is 2.28. The van der Waals surface area contributed by atoms with Crippen molar-refractivity contribution >= 4 is 28.3 Å². The number of hydrogen-bond donors (Lipinski definition) is 2. The summed E-state index contributed by atoms with van der Waals surface area (Å²) in [4.78, 5) is 14.8. The summed E-state index contributed by atoms with van der Waals surface area (Å²) < 4.78 is 25.3. The van der Waals surface area contributed by atoms with Crippen LogP contribution in [0.25, 0.3) is 0 Å². The van der Waals surface area contributed by atoms with Crippen molar-refractivity contribution < 1.29 is 13.2 Å². The van der Waals surface area contributed by atoms with Crippen molar-refractivity contribution in [3.05, 3.63) is 35.4 Å². The van der Waals surface area contributed by atoms with E-state index in [9.17, 15) is 13.2 Å². The number of rotatable bonds is 4. The van der Waals surface area contributed by atoms with Crippen molar-refractivity contribution in [2.24, 2.45) is 0 Å². The maximum atomic E-state index is 12.9. The average Bonchev–Trinajstić information content (AvgIpc) is 3.08. The Morgan fingerprint density at radius 2 is 1.88 bits per heavy atom. The molecule has 0 radical (unpaired) electrons. The minimum atomic E-state index is -3.19. The molecule has 1 unspecified atom stereocenters. The van der Waals surface area contributed by atoms with Gasteiger partial charge < -0.3 is 10.2 Å². The molecule has 140 valence electrons. The fraction of sp³-hybridized carbons (Fsp3) is 0.588. The van der Waals surface area contributed by atoms with Crippen molar-refractivity contribution in [2.75, 3.05) is 32.4 Å². The topological polar surface area (TPSA) is 78.5 Å². The average molecular weight is 388 g/mol. The molecule has 1 amide bonds. The third kappa shape index (κ3) is 5.17. The van der Waals surface area contributed by atoms with Gasteiger partial charge in [0.25, 0.3) is 5.91 Å². The number of halogens is 1. The fourth-order valence-corrected chi connectivity index (χ4v) is 4.48. The summed E-state index contributed by atoms with van der Waals surface area (Å²) in [6, 6.07) is 7.81. The first-order chi connectivity index (χ1) is 11.4. The van der Waals surface area contributed by atoms with Gasteiger partial charge in [0.2, 0.25) is 10.0 Å². The zero-order valence-corrected chi connectivity index (χ0v) is 16.0. The summed E-state index contributed by atoms with van der Waals surface area (Å²) in [6.07, 6.45) is 3.55. The number of hydrogen-bond acceptors (Lipinski definition) is 4. The Balaban J connectivity index is 0.00000225. The molecular formula is C17H26ClN3O3S. The van der Waals surface area contributed by atoms with Gasteiger partial charge in [-0.3, -0.25) is 4.79 Å². The zero-order chi connectivity index (χ0) is 17.2. The number of benzene rings is 1. The fourth-order valence-electron chi connectivity index (χ4n) is 3.64. The molecular weight excluding hydrogens is 362 g/mol. The second-order valence-corrected chi connectivity index (χ2v) is 8.51. The molecule has 2 aliphatic rings. The largest absolute Gasteiger partial charge is 0.339 e. The van der Waals surface area contributed by atoms with Crippen LogP contribution in [-0.2, 0) is 10.0 Å². The molecule has 2 fully saturated rings. The lowest BCUT2D eigenvalue weighted by molar-refractivity contribution is 0.0710. The number of piperidine rings is 1. The van der Waals surface area contributed by atoms with E-state index in [0.717, 1.165) is 30.6 Å². The van der Waals surface area contributed by atoms with Gasteiger partial charge in [0, 0.05) is 31.2 Å². The third-order valence-corrected chi connectivity index (χ3v) is 5.62. The van der Waals surface area contributed by atoms with E-state index >= 15 is 0 Å². The maximum absolute atomic E-state index is 12.9. The Hall–Kier alpha value is -1.15. The molecule has 0 saturated carbocycles. The second kappa shape index (κ2) is 8.49. The Labute approximate surface area is 155 Å². The SMILES string of the molecule is CS(=O)(=O)NC1CCN(C(=O)c2ccccc2C2CCNC2)CC1.Cl. The summed E-state index contributed by atoms with van der Waals surface area (Å²) in [5, 5.41) is 3.35. The summed E-state index contributed by atoms with van der Waals surface area (Å²) in [5.41, 5.74) is 1.92. The van der Waals surface area contributed by atoms with E-state index in [0.29, 0.717) is 31.8 Å². The molecule has 2 saturated heterocycles. The van der Waals surface area contributed by atoms with E-state index in [1.165, 1.54) is 6.26 Å². The van der Waals surface area contributed by atoms with E-state index in [1.807, 2.05) is 23.1 Å². The first-order valence-electron chi connectivity index (χ1n) is 8.50. The maximum Gasteiger partial charge on any atom is 0.254 e. The summed E-state index contributed by atoms with van der Waals surface area (Å²) in [5.74, 6) is 0.463. The summed E-state index contributed by atoms with van der Waals surface area (Å²) in [7, 11) is -3.19. The van der Waals surface area contributed by atoms with E-state index in [2.05, 4.69) is 16.1 Å². The highest BCUT2D eigenvalue weighted by atomic mass is 35.5. The molecule has 6 nitrogen and oxygen atoms in total. The molecule has 25 heavy (non-hydrogen) atoms. The van der Waals surface area contributed by atoms with Crippen LogP contribution in [-0.4, -0.2) is 57.7 Å². The van der Waals surface area contributed by atoms with Gasteiger partial charge in [0.1, 0.15) is 0 Å². The Morgan fingerprint density at radius 3 is 2.48 bits per heavy atom. The van der Waals surface area contributed by atoms with Crippen molar-refractivity contribution in [1.82, 2.24) is 14.9 Å². The Morgan fingerprint density at radius 1 is 1.20 bits per heavy atom. The molecule has 0 aliphatic carbocycles. The minimum absolute atomic E-state index is 0. The molecule has 0 aromatic heterocycles. The molecule has 1 atom stereocenters. The number of amides is 1. The van der Waals surface area contributed by atoms with Gasteiger partial charge in [-0.2, -0.15) is 0 Å². The van der Waals surface area contributed by atoms with Crippen LogP contribution in [0.2, 0.25) is 0 Å². The molecule has 2 heterocycles. The van der Waals surface area contributed by atoms with Crippen molar-refractivity contribution in [3.63, 3.8) is 0 Å². The highest BCUT2D eigenvalue weighted by Crippen LogP contribution is 2.27. The number of likely N-dealkylation sites (tertiary alicyclic amines) is 1. The number of nitrogens with one attached hydrogen (secondary N) is 2. The molecule has 2 N–H and O–H groups in total. The summed E-state index contributed by atoms with van der Waals surface area (Å²) in [6.45, 7) is 3.09. The number of carbonyl (C=O) groups excluding carboxylic acids is 1. The number of sulfonamides is 1. The van der Waals surface area contributed by atoms with Gasteiger partial charge in [0.15, 0.2) is 0 Å². The molecule has 8 heteroatoms. The van der Waals surface area contributed by atoms with Crippen molar-refractivity contribution in [2.45, 2.75) is 31.2 Å². The monoisotopic (exact) mass is 387 g/mol. The van der Waals surface area contributed by atoms with Crippen molar-refractivity contribution in [1.29, 1.82) is 0 Å². The quantitative estimate of drug-likeness (QED) is 0.817. The molecule has 0 bridgehead atoms. The smallest absolute Gasteiger partial charge is 0.254 e. The van der Waals surface area contributed by atoms with Crippen LogP contribution in [0.4, 0.5) is 0 Å². The van der Waals surface area contributed by atoms with Crippen LogP contribution < -0.4 is 10.0 Å². The molecule has 1 aromatic carbocycles. The normalized spacial score (nSPS) is 21.8. The van der Waals surface area contributed by atoms with Gasteiger partial charge in [-0.05, 0) is 43.4 Å². The van der Waals surface area contributed by atoms with Crippen LogP contribution in [0, 0.1) is 0 Å². The van der Waals surface area contributed by atoms with Gasteiger partial charge in [0.05, 0.1) is 6.26 Å². The second-order valence-electron chi connectivity index (χ2n) is 6.73. The van der Waals surface area contributed by atoms with Crippen LogP contribution in [0.15, 0.2) is 24.3 Å². The van der Waals surface area contributed by atoms with Gasteiger partial charge in [-0.1, -0.05) is 18.2 Å². The van der Waals surface area contributed by atoms with Crippen molar-refractivity contribution in [3.8, 4) is 0 Å². The lowest BCUT2D eigenvalue weighted by atomic mass is 9.92. The number of carbonyl (C=O) groups is 1. The molecule has 3 rings (SSSR count). The molecule has 1 aromatic rings. The lowest BCUT2D eigenvalue weighted by Crippen LogP contribution is -2.46. The van der Waals surface area contributed by atoms with E-state index in [1.54, 1.807) is 0 Å². The van der Waals surface area contributed by atoms with Gasteiger partial charge in [-0.15, -0.1) is 12.4 Å². The molecule has 2 aliphatic heterocycles. The van der Waals surface area contributed by atoms with Crippen LogP contribution >= 0.6 is 12.4 Å². The van der Waals surface area contributed by atoms with E-state index in [-0.39, 0.29) is 24.4 Å². The van der Waals surface area contributed by atoms with Gasteiger partial charge >= 0.3 is 0 Å². The lowest BCUT2D eigenvalue weighted by Gasteiger charge is -2.32.